The number of aromatic amines is 1. The second-order valence-corrected chi connectivity index (χ2v) is 11.7. The van der Waals surface area contributed by atoms with Gasteiger partial charge in [0, 0.05) is 52.7 Å². The summed E-state index contributed by atoms with van der Waals surface area (Å²) in [5.41, 5.74) is 5.11. The quantitative estimate of drug-likeness (QED) is 0.280. The van der Waals surface area contributed by atoms with E-state index in [1.165, 1.54) is 0 Å². The largest absolute Gasteiger partial charge is 0.444 e. The monoisotopic (exact) mass is 553 g/mol. The number of fused-ring (bicyclic) bond motifs is 3. The second-order valence-electron chi connectivity index (χ2n) is 10.7. The SMILES string of the molecule is CC(C)Nc1c(-c2cc(C3CCN(C(=O)OC(C)(C)C)CC3)no2)cnc2c1[nH]c1cc(Br)ccc12. The smallest absolute Gasteiger partial charge is 0.410 e. The van der Waals surface area contributed by atoms with Crippen LogP contribution in [0.1, 0.15) is 59.1 Å². The lowest BCUT2D eigenvalue weighted by molar-refractivity contribution is 0.0203. The van der Waals surface area contributed by atoms with E-state index in [1.54, 1.807) is 4.90 Å². The van der Waals surface area contributed by atoms with E-state index in [9.17, 15) is 4.79 Å². The highest BCUT2D eigenvalue weighted by atomic mass is 79.9. The average molecular weight is 554 g/mol. The summed E-state index contributed by atoms with van der Waals surface area (Å²) < 4.78 is 12.4. The average Bonchev–Trinajstić information content (AvgIpc) is 3.43. The molecule has 1 amide bonds. The number of ether oxygens (including phenoxy) is 1. The molecule has 1 aliphatic heterocycles. The predicted octanol–water partition coefficient (Wildman–Crippen LogP) is 7.07. The number of aromatic nitrogens is 3. The van der Waals surface area contributed by atoms with E-state index in [1.807, 2.05) is 39.1 Å². The van der Waals surface area contributed by atoms with Crippen LogP contribution in [-0.2, 0) is 4.74 Å². The Morgan fingerprint density at radius 1 is 1.25 bits per heavy atom. The number of halogens is 1. The van der Waals surface area contributed by atoms with Gasteiger partial charge in [-0.15, -0.1) is 0 Å². The minimum atomic E-state index is -0.493. The number of hydrogen-bond acceptors (Lipinski definition) is 6. The lowest BCUT2D eigenvalue weighted by Gasteiger charge is -2.32. The molecule has 5 rings (SSSR count). The van der Waals surface area contributed by atoms with E-state index in [2.05, 4.69) is 57.4 Å². The van der Waals surface area contributed by atoms with Gasteiger partial charge in [0.2, 0.25) is 0 Å². The van der Waals surface area contributed by atoms with Crippen molar-refractivity contribution in [1.29, 1.82) is 0 Å². The summed E-state index contributed by atoms with van der Waals surface area (Å²) in [5, 5.41) is 9.08. The third kappa shape index (κ3) is 4.93. The number of carbonyl (C=O) groups excluding carboxylic acids is 1. The number of carbonyl (C=O) groups is 1. The number of piperidine rings is 1. The number of hydrogen-bond donors (Lipinski definition) is 2. The van der Waals surface area contributed by atoms with Gasteiger partial charge in [0.15, 0.2) is 5.76 Å². The number of pyridine rings is 1. The zero-order valence-corrected chi connectivity index (χ0v) is 22.9. The maximum absolute atomic E-state index is 12.4. The molecule has 0 aliphatic carbocycles. The molecule has 190 valence electrons. The Morgan fingerprint density at radius 2 is 2.00 bits per heavy atom. The predicted molar refractivity (Wildman–Crippen MR) is 145 cm³/mol. The number of nitrogens with one attached hydrogen (secondary N) is 2. The van der Waals surface area contributed by atoms with Crippen molar-refractivity contribution in [2.75, 3.05) is 18.4 Å². The third-order valence-electron chi connectivity index (χ3n) is 6.37. The van der Waals surface area contributed by atoms with Crippen molar-refractivity contribution in [1.82, 2.24) is 20.0 Å². The van der Waals surface area contributed by atoms with E-state index in [4.69, 9.17) is 14.2 Å². The van der Waals surface area contributed by atoms with Crippen molar-refractivity contribution in [3.05, 3.63) is 40.6 Å². The lowest BCUT2D eigenvalue weighted by Crippen LogP contribution is -2.41. The van der Waals surface area contributed by atoms with Crippen molar-refractivity contribution >= 4 is 49.6 Å². The minimum Gasteiger partial charge on any atom is -0.444 e. The minimum absolute atomic E-state index is 0.215. The summed E-state index contributed by atoms with van der Waals surface area (Å²) >= 11 is 3.56. The van der Waals surface area contributed by atoms with Gasteiger partial charge in [-0.1, -0.05) is 21.1 Å². The molecule has 0 bridgehead atoms. The molecule has 3 aromatic heterocycles. The molecule has 1 aromatic carbocycles. The van der Waals surface area contributed by atoms with Crippen LogP contribution in [0.5, 0.6) is 0 Å². The van der Waals surface area contributed by atoms with Crippen molar-refractivity contribution in [2.45, 2.75) is 65.0 Å². The fourth-order valence-electron chi connectivity index (χ4n) is 4.72. The first-order valence-electron chi connectivity index (χ1n) is 12.4. The Bertz CT molecular complexity index is 1410. The van der Waals surface area contributed by atoms with Crippen molar-refractivity contribution in [2.24, 2.45) is 0 Å². The summed E-state index contributed by atoms with van der Waals surface area (Å²) in [5.74, 6) is 0.904. The standard InChI is InChI=1S/C27H32BrN5O3/c1-15(2)30-24-19(14-29-23-18-7-6-17(28)12-21(18)31-25(23)24)22-13-20(32-36-22)16-8-10-33(11-9-16)26(34)35-27(3,4)5/h6-7,12-16,31H,8-11H2,1-5H3,(H,29,30). The molecular formula is C27H32BrN5O3. The van der Waals surface area contributed by atoms with Gasteiger partial charge in [-0.2, -0.15) is 0 Å². The van der Waals surface area contributed by atoms with Crippen molar-refractivity contribution in [3.63, 3.8) is 0 Å². The van der Waals surface area contributed by atoms with E-state index in [0.29, 0.717) is 18.8 Å². The zero-order valence-electron chi connectivity index (χ0n) is 21.3. The Labute approximate surface area is 218 Å². The van der Waals surface area contributed by atoms with Crippen LogP contribution in [0.2, 0.25) is 0 Å². The van der Waals surface area contributed by atoms with Gasteiger partial charge in [0.25, 0.3) is 0 Å². The fraction of sp³-hybridized carbons (Fsp3) is 0.444. The summed E-state index contributed by atoms with van der Waals surface area (Å²) in [7, 11) is 0. The molecule has 1 saturated heterocycles. The Kier molecular flexibility index (Phi) is 6.44. The van der Waals surface area contributed by atoms with Crippen LogP contribution in [0.3, 0.4) is 0 Å². The van der Waals surface area contributed by atoms with Gasteiger partial charge in [0.1, 0.15) is 5.60 Å². The number of likely N-dealkylation sites (tertiary alicyclic amines) is 1. The molecule has 0 atom stereocenters. The van der Waals surface area contributed by atoms with Gasteiger partial charge in [-0.25, -0.2) is 4.79 Å². The van der Waals surface area contributed by atoms with Crippen LogP contribution in [0.25, 0.3) is 33.3 Å². The van der Waals surface area contributed by atoms with Gasteiger partial charge >= 0.3 is 6.09 Å². The Morgan fingerprint density at radius 3 is 2.69 bits per heavy atom. The summed E-state index contributed by atoms with van der Waals surface area (Å²) in [4.78, 5) is 22.5. The Hall–Kier alpha value is -3.07. The van der Waals surface area contributed by atoms with E-state index in [-0.39, 0.29) is 18.1 Å². The molecule has 36 heavy (non-hydrogen) atoms. The van der Waals surface area contributed by atoms with Crippen LogP contribution in [-0.4, -0.2) is 50.9 Å². The van der Waals surface area contributed by atoms with Crippen LogP contribution < -0.4 is 5.32 Å². The highest BCUT2D eigenvalue weighted by molar-refractivity contribution is 9.10. The molecule has 0 radical (unpaired) electrons. The number of H-pyrrole nitrogens is 1. The van der Waals surface area contributed by atoms with Crippen molar-refractivity contribution < 1.29 is 14.1 Å². The first-order valence-corrected chi connectivity index (χ1v) is 13.2. The van der Waals surface area contributed by atoms with Gasteiger partial charge in [0.05, 0.1) is 28.0 Å². The number of rotatable bonds is 4. The number of benzene rings is 1. The molecule has 9 heteroatoms. The normalized spacial score (nSPS) is 15.2. The van der Waals surface area contributed by atoms with Crippen LogP contribution >= 0.6 is 15.9 Å². The van der Waals surface area contributed by atoms with Crippen LogP contribution in [0.15, 0.2) is 39.5 Å². The molecule has 4 aromatic rings. The number of amides is 1. The topological polar surface area (TPSA) is 96.3 Å². The summed E-state index contributed by atoms with van der Waals surface area (Å²) in [6.45, 7) is 11.2. The molecule has 4 heterocycles. The maximum Gasteiger partial charge on any atom is 0.410 e. The van der Waals surface area contributed by atoms with E-state index < -0.39 is 5.60 Å². The fourth-order valence-corrected chi connectivity index (χ4v) is 5.08. The van der Waals surface area contributed by atoms with Gasteiger partial charge in [-0.3, -0.25) is 4.98 Å². The molecule has 2 N–H and O–H groups in total. The first-order chi connectivity index (χ1) is 17.1. The summed E-state index contributed by atoms with van der Waals surface area (Å²) in [6.07, 6.45) is 3.24. The first kappa shape index (κ1) is 24.6. The van der Waals surface area contributed by atoms with E-state index >= 15 is 0 Å². The molecule has 1 aliphatic rings. The van der Waals surface area contributed by atoms with Crippen LogP contribution in [0.4, 0.5) is 10.5 Å². The highest BCUT2D eigenvalue weighted by Crippen LogP contribution is 2.39. The molecule has 8 nitrogen and oxygen atoms in total. The molecule has 0 unspecified atom stereocenters. The maximum atomic E-state index is 12.4. The van der Waals surface area contributed by atoms with Crippen molar-refractivity contribution in [3.8, 4) is 11.3 Å². The van der Waals surface area contributed by atoms with Crippen LogP contribution in [0, 0.1) is 0 Å². The van der Waals surface area contributed by atoms with Gasteiger partial charge < -0.3 is 24.5 Å². The molecule has 0 spiro atoms. The molecule has 0 saturated carbocycles. The Balaban J connectivity index is 1.42. The number of anilines is 1. The lowest BCUT2D eigenvalue weighted by atomic mass is 9.93. The third-order valence-corrected chi connectivity index (χ3v) is 6.86. The summed E-state index contributed by atoms with van der Waals surface area (Å²) in [6, 6.07) is 8.39. The van der Waals surface area contributed by atoms with Gasteiger partial charge in [-0.05, 0) is 65.7 Å². The highest BCUT2D eigenvalue weighted by Gasteiger charge is 2.29. The molecular weight excluding hydrogens is 522 g/mol. The van der Waals surface area contributed by atoms with E-state index in [0.717, 1.165) is 56.2 Å². The zero-order chi connectivity index (χ0) is 25.6. The second kappa shape index (κ2) is 9.42. The number of nitrogens with zero attached hydrogens (tertiary/aromatic N) is 3. The molecule has 1 fully saturated rings.